The molecule has 0 bridgehead atoms. The van der Waals surface area contributed by atoms with Crippen LogP contribution in [0.5, 0.6) is 0 Å². The second-order valence-electron chi connectivity index (χ2n) is 2.76. The van der Waals surface area contributed by atoms with E-state index in [0.29, 0.717) is 6.61 Å². The summed E-state index contributed by atoms with van der Waals surface area (Å²) in [6.07, 6.45) is 12.1. The van der Waals surface area contributed by atoms with Gasteiger partial charge in [0.15, 0.2) is 0 Å². The maximum atomic E-state index is 10.8. The molecule has 0 heterocycles. The summed E-state index contributed by atoms with van der Waals surface area (Å²) in [5.41, 5.74) is 0. The molecule has 0 spiro atoms. The van der Waals surface area contributed by atoms with Crippen molar-refractivity contribution in [1.29, 1.82) is 0 Å². The van der Waals surface area contributed by atoms with Crippen molar-refractivity contribution in [1.82, 2.24) is 0 Å². The number of rotatable bonds is 7. The lowest BCUT2D eigenvalue weighted by molar-refractivity contribution is -0.137. The molecule has 0 aliphatic carbocycles. The molecule has 0 saturated carbocycles. The minimum Gasteiger partial charge on any atom is -0.463 e. The molecule has 0 radical (unpaired) electrons. The van der Waals surface area contributed by atoms with Gasteiger partial charge in [-0.15, -0.1) is 6.58 Å². The summed E-state index contributed by atoms with van der Waals surface area (Å²) < 4.78 is 4.71. The molecule has 0 saturated heterocycles. The van der Waals surface area contributed by atoms with E-state index in [0.717, 1.165) is 19.3 Å². The number of ether oxygens (including phenoxy) is 1. The van der Waals surface area contributed by atoms with Crippen molar-refractivity contribution in [3.63, 3.8) is 0 Å². The predicted octanol–water partition coefficient (Wildman–Crippen LogP) is 3.02. The smallest absolute Gasteiger partial charge is 0.330 e. The van der Waals surface area contributed by atoms with Gasteiger partial charge in [-0.3, -0.25) is 0 Å². The topological polar surface area (TPSA) is 26.3 Å². The average molecular weight is 194 g/mol. The Morgan fingerprint density at radius 3 is 2.79 bits per heavy atom. The summed E-state index contributed by atoms with van der Waals surface area (Å²) >= 11 is 0. The van der Waals surface area contributed by atoms with E-state index in [-0.39, 0.29) is 5.97 Å². The largest absolute Gasteiger partial charge is 0.463 e. The molecule has 0 N–H and O–H groups in total. The predicted molar refractivity (Wildman–Crippen MR) is 59.0 cm³/mol. The van der Waals surface area contributed by atoms with E-state index in [4.69, 9.17) is 4.74 Å². The van der Waals surface area contributed by atoms with Crippen LogP contribution in [-0.2, 0) is 9.53 Å². The van der Waals surface area contributed by atoms with Crippen LogP contribution < -0.4 is 0 Å². The highest BCUT2D eigenvalue weighted by molar-refractivity contribution is 5.82. The number of carbonyl (C=O) groups is 1. The number of carbonyl (C=O) groups excluding carboxylic acids is 1. The average Bonchev–Trinajstić information content (AvgIpc) is 2.17. The molecule has 0 aromatic heterocycles. The van der Waals surface area contributed by atoms with E-state index < -0.39 is 0 Å². The van der Waals surface area contributed by atoms with Gasteiger partial charge in [0.1, 0.15) is 0 Å². The first-order valence-corrected chi connectivity index (χ1v) is 4.92. The highest BCUT2D eigenvalue weighted by Gasteiger charge is 1.89. The van der Waals surface area contributed by atoms with E-state index in [2.05, 4.69) is 6.58 Å². The minimum absolute atomic E-state index is 0.289. The van der Waals surface area contributed by atoms with Crippen molar-refractivity contribution < 1.29 is 9.53 Å². The van der Waals surface area contributed by atoms with Crippen LogP contribution in [-0.4, -0.2) is 12.6 Å². The van der Waals surface area contributed by atoms with Gasteiger partial charge in [0, 0.05) is 6.08 Å². The first-order chi connectivity index (χ1) is 6.81. The third-order valence-electron chi connectivity index (χ3n) is 1.55. The van der Waals surface area contributed by atoms with Gasteiger partial charge in [-0.2, -0.15) is 0 Å². The summed E-state index contributed by atoms with van der Waals surface area (Å²) in [5, 5.41) is 0. The fraction of sp³-hybridized carbons (Fsp3) is 0.417. The van der Waals surface area contributed by atoms with Gasteiger partial charge in [0.05, 0.1) is 6.61 Å². The Bertz CT molecular complexity index is 214. The lowest BCUT2D eigenvalue weighted by Gasteiger charge is -1.92. The lowest BCUT2D eigenvalue weighted by atomic mass is 10.2. The fourth-order valence-electron chi connectivity index (χ4n) is 0.879. The highest BCUT2D eigenvalue weighted by atomic mass is 16.5. The van der Waals surface area contributed by atoms with Gasteiger partial charge in [-0.05, 0) is 26.2 Å². The first kappa shape index (κ1) is 12.7. The van der Waals surface area contributed by atoms with Gasteiger partial charge in [-0.25, -0.2) is 4.79 Å². The number of allylic oxidation sites excluding steroid dienone is 4. The monoisotopic (exact) mass is 194 g/mol. The zero-order chi connectivity index (χ0) is 10.6. The fourth-order valence-corrected chi connectivity index (χ4v) is 0.879. The number of hydrogen-bond donors (Lipinski definition) is 0. The Labute approximate surface area is 86.0 Å². The van der Waals surface area contributed by atoms with E-state index in [1.807, 2.05) is 18.2 Å². The molecule has 0 atom stereocenters. The summed E-state index contributed by atoms with van der Waals surface area (Å²) in [6.45, 7) is 5.85. The van der Waals surface area contributed by atoms with Crippen molar-refractivity contribution >= 4 is 5.97 Å². The number of hydrogen-bond acceptors (Lipinski definition) is 2. The molecule has 2 nitrogen and oxygen atoms in total. The van der Waals surface area contributed by atoms with E-state index in [9.17, 15) is 4.79 Å². The van der Waals surface area contributed by atoms with Crippen LogP contribution in [0.3, 0.4) is 0 Å². The van der Waals surface area contributed by atoms with Crippen molar-refractivity contribution in [3.05, 3.63) is 37.0 Å². The zero-order valence-electron chi connectivity index (χ0n) is 8.74. The molecule has 0 aromatic rings. The zero-order valence-corrected chi connectivity index (χ0v) is 8.74. The van der Waals surface area contributed by atoms with Crippen LogP contribution >= 0.6 is 0 Å². The van der Waals surface area contributed by atoms with Crippen molar-refractivity contribution in [3.8, 4) is 0 Å². The summed E-state index contributed by atoms with van der Waals surface area (Å²) in [4.78, 5) is 10.8. The van der Waals surface area contributed by atoms with Gasteiger partial charge in [-0.1, -0.05) is 24.3 Å². The Morgan fingerprint density at radius 2 is 2.14 bits per heavy atom. The van der Waals surface area contributed by atoms with Crippen LogP contribution in [0.15, 0.2) is 37.0 Å². The molecule has 14 heavy (non-hydrogen) atoms. The van der Waals surface area contributed by atoms with Crippen LogP contribution in [0.2, 0.25) is 0 Å². The molecule has 0 fully saturated rings. The SMILES string of the molecule is C=CCCC/C=C/C=C/C(=O)OCC. The van der Waals surface area contributed by atoms with E-state index in [1.54, 1.807) is 13.0 Å². The number of unbranched alkanes of at least 4 members (excludes halogenated alkanes) is 2. The van der Waals surface area contributed by atoms with Crippen molar-refractivity contribution in [2.75, 3.05) is 6.61 Å². The Kier molecular flexibility index (Phi) is 8.86. The highest BCUT2D eigenvalue weighted by Crippen LogP contribution is 1.96. The van der Waals surface area contributed by atoms with Gasteiger partial charge >= 0.3 is 5.97 Å². The molecule has 0 rings (SSSR count). The van der Waals surface area contributed by atoms with Gasteiger partial charge < -0.3 is 4.74 Å². The molecule has 78 valence electrons. The molecular weight excluding hydrogens is 176 g/mol. The molecule has 0 aliphatic rings. The molecule has 0 aromatic carbocycles. The quantitative estimate of drug-likeness (QED) is 0.205. The number of esters is 1. The Hall–Kier alpha value is -1.31. The van der Waals surface area contributed by atoms with E-state index >= 15 is 0 Å². The van der Waals surface area contributed by atoms with Crippen LogP contribution in [0.1, 0.15) is 26.2 Å². The lowest BCUT2D eigenvalue weighted by Crippen LogP contribution is -1.98. The minimum atomic E-state index is -0.289. The Balaban J connectivity index is 3.49. The maximum Gasteiger partial charge on any atom is 0.330 e. The van der Waals surface area contributed by atoms with Gasteiger partial charge in [0.25, 0.3) is 0 Å². The molecule has 0 unspecified atom stereocenters. The Morgan fingerprint density at radius 1 is 1.36 bits per heavy atom. The molecular formula is C12H18O2. The van der Waals surface area contributed by atoms with Gasteiger partial charge in [0.2, 0.25) is 0 Å². The first-order valence-electron chi connectivity index (χ1n) is 4.92. The third kappa shape index (κ3) is 8.78. The van der Waals surface area contributed by atoms with Crippen LogP contribution in [0, 0.1) is 0 Å². The van der Waals surface area contributed by atoms with Crippen molar-refractivity contribution in [2.45, 2.75) is 26.2 Å². The molecule has 0 aliphatic heterocycles. The molecule has 0 amide bonds. The summed E-state index contributed by atoms with van der Waals surface area (Å²) in [5.74, 6) is -0.289. The summed E-state index contributed by atoms with van der Waals surface area (Å²) in [6, 6.07) is 0. The van der Waals surface area contributed by atoms with E-state index in [1.165, 1.54) is 6.08 Å². The summed E-state index contributed by atoms with van der Waals surface area (Å²) in [7, 11) is 0. The maximum absolute atomic E-state index is 10.8. The van der Waals surface area contributed by atoms with Crippen molar-refractivity contribution in [2.24, 2.45) is 0 Å². The molecule has 2 heteroatoms. The second kappa shape index (κ2) is 9.78. The normalized spacial score (nSPS) is 10.9. The third-order valence-corrected chi connectivity index (χ3v) is 1.55. The second-order valence-corrected chi connectivity index (χ2v) is 2.76. The van der Waals surface area contributed by atoms with Crippen LogP contribution in [0.4, 0.5) is 0 Å². The standard InChI is InChI=1S/C12H18O2/c1-3-5-6-7-8-9-10-11-12(13)14-4-2/h3,8-11H,1,4-7H2,2H3/b9-8+,11-10+. The van der Waals surface area contributed by atoms with Crippen LogP contribution in [0.25, 0.3) is 0 Å².